The largest absolute Gasteiger partial charge is 0.321 e. The Balaban J connectivity index is 1.97. The minimum atomic E-state index is -0.469. The van der Waals surface area contributed by atoms with Crippen LogP contribution in [0.25, 0.3) is 11.8 Å². The Bertz CT molecular complexity index is 1170. The highest BCUT2D eigenvalue weighted by Gasteiger charge is 2.15. The maximum absolute atomic E-state index is 12.7. The number of anilines is 1. The highest BCUT2D eigenvalue weighted by molar-refractivity contribution is 9.10. The van der Waals surface area contributed by atoms with E-state index in [1.165, 1.54) is 0 Å². The Kier molecular flexibility index (Phi) is 6.26. The maximum atomic E-state index is 12.7. The van der Waals surface area contributed by atoms with Crippen molar-refractivity contribution >= 4 is 45.2 Å². The SMILES string of the molecule is Cc1ccc(Cl)cc1NC(=O)C(C#N)=Cc1cc(C)n(-c2ccccc2Br)c1C. The minimum absolute atomic E-state index is 0.0248. The lowest BCUT2D eigenvalue weighted by atomic mass is 10.1. The van der Waals surface area contributed by atoms with Crippen LogP contribution in [-0.4, -0.2) is 10.5 Å². The minimum Gasteiger partial charge on any atom is -0.321 e. The molecule has 146 valence electrons. The van der Waals surface area contributed by atoms with Crippen LogP contribution in [0.15, 0.2) is 58.6 Å². The van der Waals surface area contributed by atoms with E-state index in [4.69, 9.17) is 11.6 Å². The van der Waals surface area contributed by atoms with Gasteiger partial charge in [-0.05, 0) is 84.2 Å². The van der Waals surface area contributed by atoms with Gasteiger partial charge in [-0.3, -0.25) is 4.79 Å². The molecular formula is C23H19BrClN3O. The summed E-state index contributed by atoms with van der Waals surface area (Å²) in [5, 5.41) is 12.9. The summed E-state index contributed by atoms with van der Waals surface area (Å²) in [5.74, 6) is -0.469. The Morgan fingerprint density at radius 2 is 1.90 bits per heavy atom. The Hall–Kier alpha value is -2.81. The number of carbonyl (C=O) groups is 1. The molecule has 0 atom stereocenters. The van der Waals surface area contributed by atoms with Crippen LogP contribution in [0, 0.1) is 32.1 Å². The molecule has 4 nitrogen and oxygen atoms in total. The first-order valence-corrected chi connectivity index (χ1v) is 10.1. The van der Waals surface area contributed by atoms with Crippen molar-refractivity contribution in [3.05, 3.63) is 86.1 Å². The molecule has 0 bridgehead atoms. The fraction of sp³-hybridized carbons (Fsp3) is 0.130. The van der Waals surface area contributed by atoms with E-state index in [0.717, 1.165) is 32.7 Å². The van der Waals surface area contributed by atoms with Crippen molar-refractivity contribution < 1.29 is 4.79 Å². The fourth-order valence-electron chi connectivity index (χ4n) is 3.16. The van der Waals surface area contributed by atoms with E-state index >= 15 is 0 Å². The second-order valence-electron chi connectivity index (χ2n) is 6.70. The monoisotopic (exact) mass is 467 g/mol. The number of para-hydroxylation sites is 1. The van der Waals surface area contributed by atoms with Crippen LogP contribution < -0.4 is 5.32 Å². The molecule has 0 aliphatic carbocycles. The number of nitrogens with zero attached hydrogens (tertiary/aromatic N) is 2. The standard InChI is InChI=1S/C23H19BrClN3O/c1-14-8-9-19(25)12-21(14)27-23(29)18(13-26)11-17-10-15(2)28(16(17)3)22-7-5-4-6-20(22)24/h4-12H,1-3H3,(H,27,29). The van der Waals surface area contributed by atoms with E-state index in [1.54, 1.807) is 18.2 Å². The third-order valence-corrected chi connectivity index (χ3v) is 5.58. The number of hydrogen-bond donors (Lipinski definition) is 1. The molecule has 1 heterocycles. The molecular weight excluding hydrogens is 450 g/mol. The molecule has 29 heavy (non-hydrogen) atoms. The Labute approximate surface area is 183 Å². The lowest BCUT2D eigenvalue weighted by molar-refractivity contribution is -0.112. The summed E-state index contributed by atoms with van der Waals surface area (Å²) in [4.78, 5) is 12.7. The fourth-order valence-corrected chi connectivity index (χ4v) is 3.79. The van der Waals surface area contributed by atoms with E-state index < -0.39 is 5.91 Å². The topological polar surface area (TPSA) is 57.8 Å². The number of hydrogen-bond acceptors (Lipinski definition) is 2. The van der Waals surface area contributed by atoms with Gasteiger partial charge in [0.05, 0.1) is 5.69 Å². The van der Waals surface area contributed by atoms with Crippen molar-refractivity contribution in [1.82, 2.24) is 4.57 Å². The molecule has 6 heteroatoms. The summed E-state index contributed by atoms with van der Waals surface area (Å²) in [5.41, 5.74) is 5.23. The van der Waals surface area contributed by atoms with Gasteiger partial charge in [0.1, 0.15) is 11.6 Å². The van der Waals surface area contributed by atoms with Crippen molar-refractivity contribution in [2.75, 3.05) is 5.32 Å². The average molecular weight is 469 g/mol. The van der Waals surface area contributed by atoms with Gasteiger partial charge in [-0.2, -0.15) is 5.26 Å². The van der Waals surface area contributed by atoms with E-state index in [2.05, 4.69) is 25.8 Å². The first-order valence-electron chi connectivity index (χ1n) is 8.95. The maximum Gasteiger partial charge on any atom is 0.266 e. The van der Waals surface area contributed by atoms with Crippen LogP contribution in [-0.2, 0) is 4.79 Å². The number of nitrogens with one attached hydrogen (secondary N) is 1. The van der Waals surface area contributed by atoms with E-state index in [9.17, 15) is 10.1 Å². The molecule has 3 aromatic rings. The highest BCUT2D eigenvalue weighted by atomic mass is 79.9. The second kappa shape index (κ2) is 8.69. The zero-order valence-electron chi connectivity index (χ0n) is 16.3. The third-order valence-electron chi connectivity index (χ3n) is 4.68. The summed E-state index contributed by atoms with van der Waals surface area (Å²) in [6.07, 6.45) is 1.62. The van der Waals surface area contributed by atoms with E-state index in [1.807, 2.05) is 63.2 Å². The van der Waals surface area contributed by atoms with Gasteiger partial charge >= 0.3 is 0 Å². The molecule has 1 N–H and O–H groups in total. The van der Waals surface area contributed by atoms with Crippen molar-refractivity contribution in [2.24, 2.45) is 0 Å². The van der Waals surface area contributed by atoms with Crippen molar-refractivity contribution in [3.63, 3.8) is 0 Å². The molecule has 0 radical (unpaired) electrons. The van der Waals surface area contributed by atoms with Gasteiger partial charge in [0.25, 0.3) is 5.91 Å². The number of carbonyl (C=O) groups excluding carboxylic acids is 1. The number of benzene rings is 2. The van der Waals surface area contributed by atoms with Gasteiger partial charge in [0, 0.05) is 26.6 Å². The first-order chi connectivity index (χ1) is 13.8. The quantitative estimate of drug-likeness (QED) is 0.357. The zero-order chi connectivity index (χ0) is 21.1. The number of aryl methyl sites for hydroxylation is 2. The number of aromatic nitrogens is 1. The van der Waals surface area contributed by atoms with Gasteiger partial charge in [-0.25, -0.2) is 0 Å². The highest BCUT2D eigenvalue weighted by Crippen LogP contribution is 2.28. The molecule has 0 aliphatic rings. The number of amides is 1. The van der Waals surface area contributed by atoms with Crippen LogP contribution in [0.5, 0.6) is 0 Å². The summed E-state index contributed by atoms with van der Waals surface area (Å²) >= 11 is 9.60. The molecule has 0 unspecified atom stereocenters. The lowest BCUT2D eigenvalue weighted by Gasteiger charge is -2.11. The van der Waals surface area contributed by atoms with Crippen LogP contribution >= 0.6 is 27.5 Å². The van der Waals surface area contributed by atoms with Gasteiger partial charge in [-0.15, -0.1) is 0 Å². The van der Waals surface area contributed by atoms with E-state index in [-0.39, 0.29) is 5.57 Å². The third kappa shape index (κ3) is 4.45. The molecule has 1 aromatic heterocycles. The second-order valence-corrected chi connectivity index (χ2v) is 7.99. The number of rotatable bonds is 4. The summed E-state index contributed by atoms with van der Waals surface area (Å²) in [7, 11) is 0. The van der Waals surface area contributed by atoms with Crippen LogP contribution in [0.4, 0.5) is 5.69 Å². The molecule has 2 aromatic carbocycles. The van der Waals surface area contributed by atoms with Crippen LogP contribution in [0.1, 0.15) is 22.5 Å². The predicted molar refractivity (Wildman–Crippen MR) is 121 cm³/mol. The van der Waals surface area contributed by atoms with Gasteiger partial charge in [0.15, 0.2) is 0 Å². The predicted octanol–water partition coefficient (Wildman–Crippen LogP) is 6.36. The van der Waals surface area contributed by atoms with Crippen LogP contribution in [0.3, 0.4) is 0 Å². The van der Waals surface area contributed by atoms with Crippen molar-refractivity contribution in [3.8, 4) is 11.8 Å². The smallest absolute Gasteiger partial charge is 0.266 e. The molecule has 0 spiro atoms. The molecule has 3 rings (SSSR count). The Morgan fingerprint density at radius 1 is 1.17 bits per heavy atom. The molecule has 1 amide bonds. The molecule has 0 fully saturated rings. The average Bonchev–Trinajstić information content (AvgIpc) is 2.96. The molecule has 0 aliphatic heterocycles. The van der Waals surface area contributed by atoms with Crippen molar-refractivity contribution in [2.45, 2.75) is 20.8 Å². The Morgan fingerprint density at radius 3 is 2.59 bits per heavy atom. The first kappa shape index (κ1) is 20.9. The molecule has 0 saturated heterocycles. The van der Waals surface area contributed by atoms with Gasteiger partial charge < -0.3 is 9.88 Å². The summed E-state index contributed by atoms with van der Waals surface area (Å²) in [6, 6.07) is 17.1. The number of halogens is 2. The van der Waals surface area contributed by atoms with Gasteiger partial charge in [0.2, 0.25) is 0 Å². The van der Waals surface area contributed by atoms with Gasteiger partial charge in [-0.1, -0.05) is 29.8 Å². The normalized spacial score (nSPS) is 11.2. The zero-order valence-corrected chi connectivity index (χ0v) is 18.6. The summed E-state index contributed by atoms with van der Waals surface area (Å²) < 4.78 is 3.05. The summed E-state index contributed by atoms with van der Waals surface area (Å²) in [6.45, 7) is 5.82. The van der Waals surface area contributed by atoms with Crippen LogP contribution in [0.2, 0.25) is 5.02 Å². The lowest BCUT2D eigenvalue weighted by Crippen LogP contribution is -2.14. The van der Waals surface area contributed by atoms with Crippen molar-refractivity contribution in [1.29, 1.82) is 5.26 Å². The van der Waals surface area contributed by atoms with E-state index in [0.29, 0.717) is 10.7 Å². The number of nitriles is 1. The molecule has 0 saturated carbocycles.